The Labute approximate surface area is 132 Å². The lowest BCUT2D eigenvalue weighted by molar-refractivity contribution is 0.0657. The Morgan fingerprint density at radius 2 is 1.86 bits per heavy atom. The molecule has 2 saturated heterocycles. The van der Waals surface area contributed by atoms with Crippen LogP contribution in [0.25, 0.3) is 0 Å². The van der Waals surface area contributed by atoms with Crippen molar-refractivity contribution >= 4 is 5.91 Å². The van der Waals surface area contributed by atoms with Crippen LogP contribution in [0.15, 0.2) is 6.07 Å². The molecule has 0 bridgehead atoms. The van der Waals surface area contributed by atoms with Gasteiger partial charge in [0, 0.05) is 31.9 Å². The number of hydrogen-bond acceptors (Lipinski definition) is 5. The molecule has 2 aliphatic rings. The van der Waals surface area contributed by atoms with Gasteiger partial charge in [-0.05, 0) is 46.5 Å². The maximum absolute atomic E-state index is 12.7. The van der Waals surface area contributed by atoms with Crippen molar-refractivity contribution in [3.63, 3.8) is 0 Å². The topological polar surface area (TPSA) is 52.6 Å². The van der Waals surface area contributed by atoms with E-state index in [0.29, 0.717) is 5.69 Å². The van der Waals surface area contributed by atoms with E-state index >= 15 is 0 Å². The van der Waals surface area contributed by atoms with Gasteiger partial charge >= 0.3 is 0 Å². The van der Waals surface area contributed by atoms with Gasteiger partial charge in [-0.15, -0.1) is 0 Å². The van der Waals surface area contributed by atoms with Gasteiger partial charge in [-0.1, -0.05) is 0 Å². The Bertz CT molecular complexity index is 553. The van der Waals surface area contributed by atoms with E-state index in [1.807, 2.05) is 17.9 Å². The molecule has 0 N–H and O–H groups in total. The summed E-state index contributed by atoms with van der Waals surface area (Å²) in [5.41, 5.74) is 1.43. The fourth-order valence-electron chi connectivity index (χ4n) is 3.26. The van der Waals surface area contributed by atoms with Crippen molar-refractivity contribution in [1.29, 1.82) is 0 Å². The minimum absolute atomic E-state index is 0.0421. The van der Waals surface area contributed by atoms with Crippen LogP contribution in [0.1, 0.15) is 40.9 Å². The van der Waals surface area contributed by atoms with Crippen LogP contribution in [-0.4, -0.2) is 77.4 Å². The van der Waals surface area contributed by atoms with Gasteiger partial charge in [0.2, 0.25) is 0 Å². The van der Waals surface area contributed by atoms with Crippen LogP contribution in [0.2, 0.25) is 0 Å². The standard InChI is InChI=1S/C16H25N5O/c1-12-11-13(16(22)21-9-7-19(2)8-10-21)18-15(17-12)14-5-4-6-20(14)3/h11,14H,4-10H2,1-3H3/t14-/m0/s1. The average Bonchev–Trinajstić information content (AvgIpc) is 2.93. The van der Waals surface area contributed by atoms with Crippen LogP contribution in [-0.2, 0) is 0 Å². The molecule has 3 heterocycles. The van der Waals surface area contributed by atoms with E-state index in [4.69, 9.17) is 0 Å². The molecule has 0 spiro atoms. The molecule has 2 aliphatic heterocycles. The predicted octanol–water partition coefficient (Wildman–Crippen LogP) is 0.939. The molecule has 120 valence electrons. The monoisotopic (exact) mass is 303 g/mol. The van der Waals surface area contributed by atoms with Crippen LogP contribution >= 0.6 is 0 Å². The lowest BCUT2D eigenvalue weighted by Crippen LogP contribution is -2.47. The fourth-order valence-corrected chi connectivity index (χ4v) is 3.26. The maximum atomic E-state index is 12.7. The Kier molecular flexibility index (Phi) is 4.40. The number of likely N-dealkylation sites (N-methyl/N-ethyl adjacent to an activating group) is 1. The average molecular weight is 303 g/mol. The Balaban J connectivity index is 1.81. The zero-order chi connectivity index (χ0) is 15.7. The Morgan fingerprint density at radius 1 is 1.14 bits per heavy atom. The second-order valence-electron chi connectivity index (χ2n) is 6.49. The third-order valence-electron chi connectivity index (χ3n) is 4.70. The van der Waals surface area contributed by atoms with E-state index in [2.05, 4.69) is 33.9 Å². The number of likely N-dealkylation sites (tertiary alicyclic amines) is 1. The molecular weight excluding hydrogens is 278 g/mol. The minimum Gasteiger partial charge on any atom is -0.335 e. The molecule has 22 heavy (non-hydrogen) atoms. The molecule has 0 radical (unpaired) electrons. The van der Waals surface area contributed by atoms with Crippen LogP contribution in [0.3, 0.4) is 0 Å². The van der Waals surface area contributed by atoms with Gasteiger partial charge < -0.3 is 9.80 Å². The third-order valence-corrected chi connectivity index (χ3v) is 4.70. The summed E-state index contributed by atoms with van der Waals surface area (Å²) in [4.78, 5) is 28.3. The lowest BCUT2D eigenvalue weighted by atomic mass is 10.2. The SMILES string of the molecule is Cc1cc(C(=O)N2CCN(C)CC2)nc([C@@H]2CCCN2C)n1. The minimum atomic E-state index is 0.0421. The van der Waals surface area contributed by atoms with Crippen molar-refractivity contribution in [1.82, 2.24) is 24.7 Å². The predicted molar refractivity (Wildman–Crippen MR) is 84.8 cm³/mol. The van der Waals surface area contributed by atoms with Gasteiger partial charge in [0.05, 0.1) is 6.04 Å². The van der Waals surface area contributed by atoms with Crippen molar-refractivity contribution in [3.8, 4) is 0 Å². The van der Waals surface area contributed by atoms with Crippen LogP contribution in [0, 0.1) is 6.92 Å². The van der Waals surface area contributed by atoms with Gasteiger partial charge in [-0.2, -0.15) is 0 Å². The van der Waals surface area contributed by atoms with Gasteiger partial charge in [-0.3, -0.25) is 9.69 Å². The normalized spacial score (nSPS) is 24.0. The summed E-state index contributed by atoms with van der Waals surface area (Å²) in [6, 6.07) is 2.07. The molecule has 0 saturated carbocycles. The van der Waals surface area contributed by atoms with Gasteiger partial charge in [0.25, 0.3) is 5.91 Å². The molecule has 6 nitrogen and oxygen atoms in total. The van der Waals surface area contributed by atoms with Gasteiger partial charge in [0.1, 0.15) is 11.5 Å². The van der Waals surface area contributed by atoms with E-state index in [9.17, 15) is 4.79 Å². The number of aromatic nitrogens is 2. The largest absolute Gasteiger partial charge is 0.335 e. The number of nitrogens with zero attached hydrogens (tertiary/aromatic N) is 5. The van der Waals surface area contributed by atoms with E-state index in [-0.39, 0.29) is 11.9 Å². The Morgan fingerprint density at radius 3 is 2.50 bits per heavy atom. The first-order chi connectivity index (χ1) is 10.5. The molecule has 1 aromatic rings. The summed E-state index contributed by atoms with van der Waals surface area (Å²) < 4.78 is 0. The molecule has 0 aliphatic carbocycles. The van der Waals surface area contributed by atoms with E-state index in [1.54, 1.807) is 0 Å². The van der Waals surface area contributed by atoms with Gasteiger partial charge in [0.15, 0.2) is 0 Å². The second-order valence-corrected chi connectivity index (χ2v) is 6.49. The maximum Gasteiger partial charge on any atom is 0.272 e. The first-order valence-electron chi connectivity index (χ1n) is 8.08. The number of hydrogen-bond donors (Lipinski definition) is 0. The van der Waals surface area contributed by atoms with Crippen molar-refractivity contribution in [2.75, 3.05) is 46.8 Å². The number of carbonyl (C=O) groups is 1. The van der Waals surface area contributed by atoms with Crippen molar-refractivity contribution in [2.24, 2.45) is 0 Å². The highest BCUT2D eigenvalue weighted by atomic mass is 16.2. The summed E-state index contributed by atoms with van der Waals surface area (Å²) in [5, 5.41) is 0. The highest BCUT2D eigenvalue weighted by molar-refractivity contribution is 5.92. The fraction of sp³-hybridized carbons (Fsp3) is 0.688. The lowest BCUT2D eigenvalue weighted by Gasteiger charge is -2.32. The molecule has 0 aromatic carbocycles. The molecule has 3 rings (SSSR count). The smallest absolute Gasteiger partial charge is 0.272 e. The number of aryl methyl sites for hydroxylation is 1. The summed E-state index contributed by atoms with van der Waals surface area (Å²) in [6.07, 6.45) is 2.24. The van der Waals surface area contributed by atoms with Crippen molar-refractivity contribution < 1.29 is 4.79 Å². The van der Waals surface area contributed by atoms with Crippen LogP contribution < -0.4 is 0 Å². The number of rotatable bonds is 2. The third kappa shape index (κ3) is 3.13. The first kappa shape index (κ1) is 15.4. The molecule has 0 unspecified atom stereocenters. The summed E-state index contributed by atoms with van der Waals surface area (Å²) in [5.74, 6) is 0.845. The zero-order valence-electron chi connectivity index (χ0n) is 13.7. The number of carbonyl (C=O) groups excluding carboxylic acids is 1. The van der Waals surface area contributed by atoms with Crippen LogP contribution in [0.4, 0.5) is 0 Å². The zero-order valence-corrected chi connectivity index (χ0v) is 13.7. The molecule has 2 fully saturated rings. The quantitative estimate of drug-likeness (QED) is 0.814. The highest BCUT2D eigenvalue weighted by Gasteiger charge is 2.27. The van der Waals surface area contributed by atoms with Gasteiger partial charge in [-0.25, -0.2) is 9.97 Å². The molecule has 1 aromatic heterocycles. The summed E-state index contributed by atoms with van der Waals surface area (Å²) in [6.45, 7) is 6.42. The van der Waals surface area contributed by atoms with Crippen molar-refractivity contribution in [2.45, 2.75) is 25.8 Å². The van der Waals surface area contributed by atoms with E-state index < -0.39 is 0 Å². The number of piperazine rings is 1. The molecular formula is C16H25N5O. The summed E-state index contributed by atoms with van der Waals surface area (Å²) >= 11 is 0. The van der Waals surface area contributed by atoms with E-state index in [0.717, 1.165) is 50.7 Å². The van der Waals surface area contributed by atoms with Crippen molar-refractivity contribution in [3.05, 3.63) is 23.3 Å². The highest BCUT2D eigenvalue weighted by Crippen LogP contribution is 2.28. The first-order valence-corrected chi connectivity index (χ1v) is 8.08. The molecule has 6 heteroatoms. The number of amides is 1. The Hall–Kier alpha value is -1.53. The molecule has 1 atom stereocenters. The summed E-state index contributed by atoms with van der Waals surface area (Å²) in [7, 11) is 4.19. The second kappa shape index (κ2) is 6.30. The van der Waals surface area contributed by atoms with E-state index in [1.165, 1.54) is 6.42 Å². The van der Waals surface area contributed by atoms with Crippen LogP contribution in [0.5, 0.6) is 0 Å². The molecule has 1 amide bonds.